The standard InChI is InChI=1S/C13H10BrNO4/c1-19-12-3-2-7(14)4-8(12)10-5-9(13(17)18)11(16)6-15-10/h2-6,16H,1H3,(H,17,18). The molecule has 1 heterocycles. The number of rotatable bonds is 3. The van der Waals surface area contributed by atoms with Crippen LogP contribution in [0.25, 0.3) is 11.3 Å². The van der Waals surface area contributed by atoms with E-state index in [2.05, 4.69) is 20.9 Å². The van der Waals surface area contributed by atoms with Crippen molar-refractivity contribution in [3.05, 3.63) is 40.5 Å². The van der Waals surface area contributed by atoms with E-state index in [-0.39, 0.29) is 11.3 Å². The van der Waals surface area contributed by atoms with E-state index < -0.39 is 5.97 Å². The first-order valence-electron chi connectivity index (χ1n) is 5.29. The van der Waals surface area contributed by atoms with Crippen LogP contribution in [-0.2, 0) is 0 Å². The van der Waals surface area contributed by atoms with Crippen LogP contribution in [0, 0.1) is 0 Å². The van der Waals surface area contributed by atoms with Crippen molar-refractivity contribution in [3.63, 3.8) is 0 Å². The first-order chi connectivity index (χ1) is 9.02. The van der Waals surface area contributed by atoms with Gasteiger partial charge in [-0.05, 0) is 24.3 Å². The van der Waals surface area contributed by atoms with Crippen molar-refractivity contribution in [2.24, 2.45) is 0 Å². The molecule has 0 aliphatic heterocycles. The van der Waals surface area contributed by atoms with Crippen LogP contribution in [0.2, 0.25) is 0 Å². The highest BCUT2D eigenvalue weighted by atomic mass is 79.9. The molecule has 2 aromatic rings. The van der Waals surface area contributed by atoms with Crippen molar-refractivity contribution in [1.29, 1.82) is 0 Å². The van der Waals surface area contributed by atoms with Gasteiger partial charge in [0, 0.05) is 10.0 Å². The summed E-state index contributed by atoms with van der Waals surface area (Å²) in [4.78, 5) is 15.0. The molecule has 5 nitrogen and oxygen atoms in total. The largest absolute Gasteiger partial charge is 0.505 e. The molecule has 6 heteroatoms. The molecule has 0 atom stereocenters. The summed E-state index contributed by atoms with van der Waals surface area (Å²) >= 11 is 3.34. The van der Waals surface area contributed by atoms with E-state index in [1.54, 1.807) is 18.2 Å². The van der Waals surface area contributed by atoms with Crippen LogP contribution in [0.1, 0.15) is 10.4 Å². The van der Waals surface area contributed by atoms with Gasteiger partial charge in [-0.2, -0.15) is 0 Å². The predicted molar refractivity (Wildman–Crippen MR) is 72.5 cm³/mol. The number of ether oxygens (including phenoxy) is 1. The molecular weight excluding hydrogens is 314 g/mol. The summed E-state index contributed by atoms with van der Waals surface area (Å²) in [5.74, 6) is -1.02. The van der Waals surface area contributed by atoms with Gasteiger partial charge in [0.2, 0.25) is 0 Å². The molecule has 0 spiro atoms. The Morgan fingerprint density at radius 2 is 2.11 bits per heavy atom. The maximum Gasteiger partial charge on any atom is 0.339 e. The minimum absolute atomic E-state index is 0.202. The highest BCUT2D eigenvalue weighted by Gasteiger charge is 2.14. The van der Waals surface area contributed by atoms with E-state index in [0.717, 1.165) is 10.7 Å². The van der Waals surface area contributed by atoms with Crippen molar-refractivity contribution in [1.82, 2.24) is 4.98 Å². The summed E-state index contributed by atoms with van der Waals surface area (Å²) in [6.45, 7) is 0. The molecule has 19 heavy (non-hydrogen) atoms. The number of aromatic hydroxyl groups is 1. The Labute approximate surface area is 117 Å². The van der Waals surface area contributed by atoms with Crippen molar-refractivity contribution in [2.75, 3.05) is 7.11 Å². The van der Waals surface area contributed by atoms with Gasteiger partial charge in [-0.3, -0.25) is 4.98 Å². The van der Waals surface area contributed by atoms with Crippen LogP contribution in [0.4, 0.5) is 0 Å². The maximum absolute atomic E-state index is 11.0. The number of aromatic carboxylic acids is 1. The van der Waals surface area contributed by atoms with Gasteiger partial charge in [0.15, 0.2) is 0 Å². The minimum atomic E-state index is -1.21. The summed E-state index contributed by atoms with van der Waals surface area (Å²) in [5, 5.41) is 18.4. The summed E-state index contributed by atoms with van der Waals surface area (Å²) in [6, 6.07) is 6.63. The van der Waals surface area contributed by atoms with E-state index in [1.807, 2.05) is 0 Å². The van der Waals surface area contributed by atoms with Crippen LogP contribution in [0.3, 0.4) is 0 Å². The molecule has 0 fully saturated rings. The molecule has 98 valence electrons. The molecule has 2 rings (SSSR count). The highest BCUT2D eigenvalue weighted by molar-refractivity contribution is 9.10. The van der Waals surface area contributed by atoms with Crippen LogP contribution in [-0.4, -0.2) is 28.3 Å². The lowest BCUT2D eigenvalue weighted by Crippen LogP contribution is -1.99. The average Bonchev–Trinajstić information content (AvgIpc) is 2.39. The zero-order chi connectivity index (χ0) is 14.0. The fraction of sp³-hybridized carbons (Fsp3) is 0.0769. The number of pyridine rings is 1. The number of nitrogens with zero attached hydrogens (tertiary/aromatic N) is 1. The number of methoxy groups -OCH3 is 1. The molecule has 1 aromatic carbocycles. The van der Waals surface area contributed by atoms with Crippen molar-refractivity contribution < 1.29 is 19.7 Å². The number of carboxylic acid groups (broad SMARTS) is 1. The summed E-state index contributed by atoms with van der Waals surface area (Å²) in [6.07, 6.45) is 1.11. The number of carboxylic acids is 1. The van der Waals surface area contributed by atoms with Crippen LogP contribution >= 0.6 is 15.9 Å². The Morgan fingerprint density at radius 3 is 2.74 bits per heavy atom. The van der Waals surface area contributed by atoms with Crippen LogP contribution in [0.5, 0.6) is 11.5 Å². The Kier molecular flexibility index (Phi) is 3.71. The van der Waals surface area contributed by atoms with Gasteiger partial charge < -0.3 is 14.9 Å². The van der Waals surface area contributed by atoms with Gasteiger partial charge in [-0.15, -0.1) is 0 Å². The highest BCUT2D eigenvalue weighted by Crippen LogP contribution is 2.33. The number of aromatic nitrogens is 1. The van der Waals surface area contributed by atoms with Gasteiger partial charge in [-0.1, -0.05) is 15.9 Å². The van der Waals surface area contributed by atoms with Crippen LogP contribution < -0.4 is 4.74 Å². The van der Waals surface area contributed by atoms with Gasteiger partial charge in [0.05, 0.1) is 19.0 Å². The first kappa shape index (κ1) is 13.4. The summed E-state index contributed by atoms with van der Waals surface area (Å²) in [5.41, 5.74) is 0.847. The number of hydrogen-bond donors (Lipinski definition) is 2. The zero-order valence-corrected chi connectivity index (χ0v) is 11.5. The molecule has 0 radical (unpaired) electrons. The molecule has 0 amide bonds. The predicted octanol–water partition coefficient (Wildman–Crippen LogP) is 2.92. The van der Waals surface area contributed by atoms with Crippen molar-refractivity contribution in [2.45, 2.75) is 0 Å². The third-order valence-electron chi connectivity index (χ3n) is 2.55. The molecule has 0 aliphatic carbocycles. The van der Waals surface area contributed by atoms with Crippen molar-refractivity contribution in [3.8, 4) is 22.8 Å². The number of halogens is 1. The summed E-state index contributed by atoms with van der Waals surface area (Å²) in [7, 11) is 1.52. The monoisotopic (exact) mass is 323 g/mol. The van der Waals surface area contributed by atoms with E-state index >= 15 is 0 Å². The van der Waals surface area contributed by atoms with Crippen LogP contribution in [0.15, 0.2) is 34.9 Å². The van der Waals surface area contributed by atoms with Crippen molar-refractivity contribution >= 4 is 21.9 Å². The van der Waals surface area contributed by atoms with E-state index in [1.165, 1.54) is 13.2 Å². The molecule has 2 N–H and O–H groups in total. The van der Waals surface area contributed by atoms with E-state index in [0.29, 0.717) is 17.0 Å². The fourth-order valence-corrected chi connectivity index (χ4v) is 2.01. The Hall–Kier alpha value is -2.08. The molecular formula is C13H10BrNO4. The summed E-state index contributed by atoms with van der Waals surface area (Å²) < 4.78 is 6.03. The Morgan fingerprint density at radius 1 is 1.37 bits per heavy atom. The number of benzene rings is 1. The quantitative estimate of drug-likeness (QED) is 0.907. The topological polar surface area (TPSA) is 79.7 Å². The van der Waals surface area contributed by atoms with E-state index in [4.69, 9.17) is 9.84 Å². The third-order valence-corrected chi connectivity index (χ3v) is 3.04. The Bertz CT molecular complexity index is 643. The second-order valence-electron chi connectivity index (χ2n) is 3.74. The first-order valence-corrected chi connectivity index (χ1v) is 6.08. The smallest absolute Gasteiger partial charge is 0.339 e. The molecule has 0 unspecified atom stereocenters. The molecule has 0 saturated heterocycles. The van der Waals surface area contributed by atoms with Gasteiger partial charge in [-0.25, -0.2) is 4.79 Å². The second kappa shape index (κ2) is 5.27. The SMILES string of the molecule is COc1ccc(Br)cc1-c1cc(C(=O)O)c(O)cn1. The fourth-order valence-electron chi connectivity index (χ4n) is 1.65. The lowest BCUT2D eigenvalue weighted by Gasteiger charge is -2.09. The second-order valence-corrected chi connectivity index (χ2v) is 4.65. The lowest BCUT2D eigenvalue weighted by atomic mass is 10.1. The average molecular weight is 324 g/mol. The number of carbonyl (C=O) groups is 1. The maximum atomic E-state index is 11.0. The Balaban J connectivity index is 2.62. The van der Waals surface area contributed by atoms with E-state index in [9.17, 15) is 9.90 Å². The molecule has 0 saturated carbocycles. The van der Waals surface area contributed by atoms with Gasteiger partial charge >= 0.3 is 5.97 Å². The molecule has 1 aromatic heterocycles. The van der Waals surface area contributed by atoms with Gasteiger partial charge in [0.1, 0.15) is 17.1 Å². The van der Waals surface area contributed by atoms with Gasteiger partial charge in [0.25, 0.3) is 0 Å². The lowest BCUT2D eigenvalue weighted by molar-refractivity contribution is 0.0693. The molecule has 0 aliphatic rings. The molecule has 0 bridgehead atoms. The number of hydrogen-bond acceptors (Lipinski definition) is 4. The minimum Gasteiger partial charge on any atom is -0.505 e. The normalized spacial score (nSPS) is 10.2. The zero-order valence-electron chi connectivity index (χ0n) is 9.92. The third kappa shape index (κ3) is 2.68.